The minimum Gasteiger partial charge on any atom is -0.343 e. The van der Waals surface area contributed by atoms with Crippen molar-refractivity contribution in [1.29, 1.82) is 0 Å². The van der Waals surface area contributed by atoms with Crippen LogP contribution in [0.2, 0.25) is 0 Å². The molecule has 10 rings (SSSR count). The number of aromatic amines is 1. The molecule has 3 aromatic carbocycles. The van der Waals surface area contributed by atoms with Crippen molar-refractivity contribution in [1.82, 2.24) is 40.5 Å². The molecule has 3 aliphatic carbocycles. The molecule has 3 N–H and O–H groups in total. The van der Waals surface area contributed by atoms with Crippen LogP contribution in [0.15, 0.2) is 120 Å². The molecular formula is C49H50N8O5. The van der Waals surface area contributed by atoms with E-state index in [1.54, 1.807) is 11.1 Å². The van der Waals surface area contributed by atoms with Crippen molar-refractivity contribution in [3.8, 4) is 0 Å². The van der Waals surface area contributed by atoms with Gasteiger partial charge in [-0.1, -0.05) is 114 Å². The first kappa shape index (κ1) is 39.5. The van der Waals surface area contributed by atoms with Gasteiger partial charge in [0, 0.05) is 31.1 Å². The lowest BCUT2D eigenvalue weighted by atomic mass is 9.76. The number of H-pyrrole nitrogens is 1. The molecule has 3 unspecified atom stereocenters. The maximum absolute atomic E-state index is 14.5. The Balaban J connectivity index is 0.951. The van der Waals surface area contributed by atoms with E-state index >= 15 is 0 Å². The van der Waals surface area contributed by atoms with Crippen LogP contribution in [-0.2, 0) is 24.6 Å². The SMILES string of the molecule is O=C(NC(C(=O)N1CCC[C@H]1c1ncc(C2(c3noc([C@@H]4CCCN4C(=O)C(NC(=O)C4CC4)c4ccccc4)n3)C=CC(c3ccccc3)=CC2)[nH]1)c1ccccc1)C1CC1. The normalized spacial score (nSPS) is 23.1. The average Bonchev–Trinajstić information content (AvgIpc) is 4.07. The lowest BCUT2D eigenvalue weighted by molar-refractivity contribution is -0.138. The summed E-state index contributed by atoms with van der Waals surface area (Å²) in [4.78, 5) is 72.2. The number of carbonyl (C=O) groups is 4. The van der Waals surface area contributed by atoms with Crippen molar-refractivity contribution >= 4 is 29.2 Å². The zero-order chi connectivity index (χ0) is 42.2. The van der Waals surface area contributed by atoms with Crippen LogP contribution >= 0.6 is 0 Å². The van der Waals surface area contributed by atoms with E-state index in [-0.39, 0.29) is 41.5 Å². The fourth-order valence-electron chi connectivity index (χ4n) is 9.27. The summed E-state index contributed by atoms with van der Waals surface area (Å²) >= 11 is 0. The van der Waals surface area contributed by atoms with Gasteiger partial charge in [-0.25, -0.2) is 4.98 Å². The van der Waals surface area contributed by atoms with Gasteiger partial charge >= 0.3 is 0 Å². The Morgan fingerprint density at radius 1 is 0.710 bits per heavy atom. The van der Waals surface area contributed by atoms with E-state index in [1.165, 1.54) is 0 Å². The summed E-state index contributed by atoms with van der Waals surface area (Å²) in [7, 11) is 0. The molecule has 2 saturated heterocycles. The van der Waals surface area contributed by atoms with Gasteiger partial charge in [0.15, 0.2) is 5.82 Å². The van der Waals surface area contributed by atoms with E-state index in [1.807, 2.05) is 83.8 Å². The van der Waals surface area contributed by atoms with Gasteiger partial charge in [0.1, 0.15) is 23.9 Å². The van der Waals surface area contributed by atoms with Crippen LogP contribution in [0, 0.1) is 11.8 Å². The number of rotatable bonds is 13. The highest BCUT2D eigenvalue weighted by Gasteiger charge is 2.45. The molecule has 13 heteroatoms. The number of nitrogens with one attached hydrogen (secondary N) is 3. The maximum atomic E-state index is 14.5. The van der Waals surface area contributed by atoms with Gasteiger partial charge in [0.05, 0.1) is 17.2 Å². The predicted molar refractivity (Wildman–Crippen MR) is 229 cm³/mol. The van der Waals surface area contributed by atoms with Crippen LogP contribution in [0.1, 0.15) is 122 Å². The van der Waals surface area contributed by atoms with Crippen LogP contribution < -0.4 is 10.6 Å². The van der Waals surface area contributed by atoms with Crippen LogP contribution in [0.25, 0.3) is 5.57 Å². The molecule has 0 spiro atoms. The lowest BCUT2D eigenvalue weighted by Crippen LogP contribution is -2.43. The third kappa shape index (κ3) is 7.76. The smallest absolute Gasteiger partial charge is 0.250 e. The van der Waals surface area contributed by atoms with E-state index < -0.39 is 23.5 Å². The second-order valence-corrected chi connectivity index (χ2v) is 17.3. The van der Waals surface area contributed by atoms with Crippen molar-refractivity contribution in [2.45, 2.75) is 87.4 Å². The molecular weight excluding hydrogens is 781 g/mol. The molecule has 5 atom stereocenters. The molecule has 316 valence electrons. The fourth-order valence-corrected chi connectivity index (χ4v) is 9.27. The number of hydrogen-bond acceptors (Lipinski definition) is 8. The number of benzene rings is 3. The van der Waals surface area contributed by atoms with Crippen molar-refractivity contribution < 1.29 is 23.7 Å². The minimum atomic E-state index is -0.915. The second kappa shape index (κ2) is 16.7. The highest BCUT2D eigenvalue weighted by molar-refractivity contribution is 5.91. The zero-order valence-electron chi connectivity index (χ0n) is 34.5. The largest absolute Gasteiger partial charge is 0.343 e. The Hall–Kier alpha value is -6.63. The molecule has 4 fully saturated rings. The molecule has 4 heterocycles. The number of nitrogens with zero attached hydrogens (tertiary/aromatic N) is 5. The van der Waals surface area contributed by atoms with Gasteiger partial charge in [-0.05, 0) is 80.1 Å². The molecule has 2 aliphatic heterocycles. The summed E-state index contributed by atoms with van der Waals surface area (Å²) in [6.07, 6.45) is 14.9. The molecule has 5 aromatic rings. The van der Waals surface area contributed by atoms with Crippen LogP contribution in [-0.4, -0.2) is 66.6 Å². The lowest BCUT2D eigenvalue weighted by Gasteiger charge is -2.30. The van der Waals surface area contributed by atoms with Gasteiger partial charge in [-0.2, -0.15) is 4.98 Å². The Morgan fingerprint density at radius 3 is 1.81 bits per heavy atom. The quantitative estimate of drug-likeness (QED) is 0.114. The van der Waals surface area contributed by atoms with E-state index in [4.69, 9.17) is 14.5 Å². The number of aromatic nitrogens is 4. The Morgan fingerprint density at radius 2 is 1.26 bits per heavy atom. The summed E-state index contributed by atoms with van der Waals surface area (Å²) in [5, 5.41) is 10.7. The summed E-state index contributed by atoms with van der Waals surface area (Å²) in [6, 6.07) is 26.6. The Bertz CT molecular complexity index is 2370. The van der Waals surface area contributed by atoms with Crippen molar-refractivity contribution in [3.05, 3.63) is 155 Å². The summed E-state index contributed by atoms with van der Waals surface area (Å²) in [5.41, 5.74) is 3.45. The van der Waals surface area contributed by atoms with Gasteiger partial charge < -0.3 is 29.9 Å². The number of allylic oxidation sites excluding steroid dienone is 4. The van der Waals surface area contributed by atoms with E-state index in [0.29, 0.717) is 49.9 Å². The molecule has 0 radical (unpaired) electrons. The standard InChI is InChI=1S/C49H50N8O5/c58-43(35-20-21-35)52-40(33-14-6-2-7-15-33)46(60)56-28-10-18-37(56)42-50-30-39(51-42)49(26-24-32(25-27-49)31-12-4-1-5-13-31)48-54-45(62-55-48)38-19-11-29-57(38)47(61)41(34-16-8-3-9-17-34)53-44(59)36-22-23-36/h1-9,12-17,24-26,30,35-38,40-41H,10-11,18-23,27-29H2,(H,50,51)(H,52,58)(H,53,59)/t37-,38-,40?,41?,49?/m0/s1. The molecule has 5 aliphatic rings. The Kier molecular flexibility index (Phi) is 10.6. The molecule has 2 saturated carbocycles. The van der Waals surface area contributed by atoms with Crippen molar-refractivity contribution in [2.75, 3.05) is 13.1 Å². The topological polar surface area (TPSA) is 166 Å². The first-order valence-corrected chi connectivity index (χ1v) is 22.0. The monoisotopic (exact) mass is 830 g/mol. The first-order chi connectivity index (χ1) is 30.4. The number of imidazole rings is 1. The first-order valence-electron chi connectivity index (χ1n) is 22.0. The molecule has 13 nitrogen and oxygen atoms in total. The number of carbonyl (C=O) groups excluding carboxylic acids is 4. The molecule has 62 heavy (non-hydrogen) atoms. The van der Waals surface area contributed by atoms with Crippen LogP contribution in [0.3, 0.4) is 0 Å². The van der Waals surface area contributed by atoms with Gasteiger partial charge in [-0.3, -0.25) is 19.2 Å². The van der Waals surface area contributed by atoms with E-state index in [9.17, 15) is 19.2 Å². The second-order valence-electron chi connectivity index (χ2n) is 17.3. The highest BCUT2D eigenvalue weighted by Crippen LogP contribution is 2.43. The summed E-state index contributed by atoms with van der Waals surface area (Å²) in [5.74, 6) is 0.770. The van der Waals surface area contributed by atoms with Gasteiger partial charge in [-0.15, -0.1) is 0 Å². The number of amides is 4. The van der Waals surface area contributed by atoms with Gasteiger partial charge in [0.25, 0.3) is 0 Å². The third-order valence-electron chi connectivity index (χ3n) is 13.1. The zero-order valence-corrected chi connectivity index (χ0v) is 34.5. The summed E-state index contributed by atoms with van der Waals surface area (Å²) < 4.78 is 6.11. The van der Waals surface area contributed by atoms with Gasteiger partial charge in [0.2, 0.25) is 29.5 Å². The summed E-state index contributed by atoms with van der Waals surface area (Å²) in [6.45, 7) is 1.03. The number of likely N-dealkylation sites (tertiary alicyclic amines) is 2. The van der Waals surface area contributed by atoms with Crippen molar-refractivity contribution in [2.24, 2.45) is 11.8 Å². The predicted octanol–water partition coefficient (Wildman–Crippen LogP) is 6.98. The van der Waals surface area contributed by atoms with Crippen LogP contribution in [0.4, 0.5) is 0 Å². The highest BCUT2D eigenvalue weighted by atomic mass is 16.5. The maximum Gasteiger partial charge on any atom is 0.250 e. The van der Waals surface area contributed by atoms with E-state index in [0.717, 1.165) is 66.5 Å². The molecule has 4 amide bonds. The molecule has 0 bridgehead atoms. The van der Waals surface area contributed by atoms with Crippen molar-refractivity contribution in [3.63, 3.8) is 0 Å². The average molecular weight is 831 g/mol. The van der Waals surface area contributed by atoms with Crippen LogP contribution in [0.5, 0.6) is 0 Å². The minimum absolute atomic E-state index is 0.0408. The molecule has 2 aromatic heterocycles. The number of hydrogen-bond donors (Lipinski definition) is 3. The van der Waals surface area contributed by atoms with E-state index in [2.05, 4.69) is 51.1 Å². The fraction of sp³-hybridized carbons (Fsp3) is 0.367. The Labute approximate surface area is 360 Å². The third-order valence-corrected chi connectivity index (χ3v) is 13.1.